The van der Waals surface area contributed by atoms with Crippen molar-refractivity contribution in [2.75, 3.05) is 20.1 Å². The molecule has 0 aromatic heterocycles. The van der Waals surface area contributed by atoms with Gasteiger partial charge in [0.15, 0.2) is 0 Å². The highest BCUT2D eigenvalue weighted by molar-refractivity contribution is 5.19. The second-order valence-electron chi connectivity index (χ2n) is 8.03. The smallest absolute Gasteiger partial charge is 0.0327 e. The Hall–Kier alpha value is -0.860. The minimum atomic E-state index is 0.336. The van der Waals surface area contributed by atoms with Crippen molar-refractivity contribution in [1.82, 2.24) is 10.2 Å². The summed E-state index contributed by atoms with van der Waals surface area (Å²) in [5.41, 5.74) is 1.76. The van der Waals surface area contributed by atoms with Gasteiger partial charge < -0.3 is 10.2 Å². The van der Waals surface area contributed by atoms with Gasteiger partial charge in [0.25, 0.3) is 0 Å². The van der Waals surface area contributed by atoms with E-state index < -0.39 is 0 Å². The van der Waals surface area contributed by atoms with Gasteiger partial charge in [0.1, 0.15) is 0 Å². The fourth-order valence-corrected chi connectivity index (χ4v) is 3.43. The fraction of sp³-hybridized carbons (Fsp3) is 0.684. The van der Waals surface area contributed by atoms with Crippen molar-refractivity contribution in [3.05, 3.63) is 35.9 Å². The summed E-state index contributed by atoms with van der Waals surface area (Å²) in [6.45, 7) is 11.8. The molecule has 1 aromatic rings. The topological polar surface area (TPSA) is 15.3 Å². The third-order valence-electron chi connectivity index (χ3n) is 4.54. The van der Waals surface area contributed by atoms with E-state index >= 15 is 0 Å². The van der Waals surface area contributed by atoms with Crippen LogP contribution in [0.4, 0.5) is 0 Å². The van der Waals surface area contributed by atoms with E-state index in [1.807, 2.05) is 0 Å². The molecule has 3 unspecified atom stereocenters. The summed E-state index contributed by atoms with van der Waals surface area (Å²) >= 11 is 0. The van der Waals surface area contributed by atoms with Crippen molar-refractivity contribution < 1.29 is 0 Å². The molecular weight excluding hydrogens is 256 g/mol. The van der Waals surface area contributed by atoms with Crippen molar-refractivity contribution in [1.29, 1.82) is 0 Å². The summed E-state index contributed by atoms with van der Waals surface area (Å²) in [7, 11) is 2.23. The lowest BCUT2D eigenvalue weighted by molar-refractivity contribution is 0.157. The van der Waals surface area contributed by atoms with Crippen LogP contribution in [0.1, 0.15) is 52.1 Å². The van der Waals surface area contributed by atoms with Crippen LogP contribution < -0.4 is 5.32 Å². The number of piperidine rings is 1. The zero-order valence-corrected chi connectivity index (χ0v) is 14.4. The molecule has 2 rings (SSSR count). The molecule has 0 amide bonds. The number of nitrogens with zero attached hydrogens (tertiary/aromatic N) is 1. The molecule has 0 saturated carbocycles. The fourth-order valence-electron chi connectivity index (χ4n) is 3.43. The van der Waals surface area contributed by atoms with Gasteiger partial charge in [-0.2, -0.15) is 0 Å². The molecule has 1 aliphatic heterocycles. The summed E-state index contributed by atoms with van der Waals surface area (Å²) in [5.74, 6) is 0.718. The van der Waals surface area contributed by atoms with Gasteiger partial charge in [-0.15, -0.1) is 0 Å². The molecule has 1 aliphatic rings. The van der Waals surface area contributed by atoms with Gasteiger partial charge in [0.2, 0.25) is 0 Å². The summed E-state index contributed by atoms with van der Waals surface area (Å²) in [6.07, 6.45) is 2.43. The van der Waals surface area contributed by atoms with Gasteiger partial charge in [0, 0.05) is 18.6 Å². The summed E-state index contributed by atoms with van der Waals surface area (Å²) in [6, 6.07) is 12.0. The van der Waals surface area contributed by atoms with Crippen molar-refractivity contribution in [3.8, 4) is 0 Å². The average molecular weight is 288 g/mol. The van der Waals surface area contributed by atoms with Gasteiger partial charge in [-0.25, -0.2) is 0 Å². The summed E-state index contributed by atoms with van der Waals surface area (Å²) in [4.78, 5) is 2.45. The Bertz CT molecular complexity index is 421. The van der Waals surface area contributed by atoms with Crippen LogP contribution >= 0.6 is 0 Å². The highest BCUT2D eigenvalue weighted by Gasteiger charge is 2.28. The minimum absolute atomic E-state index is 0.336. The molecule has 1 fully saturated rings. The van der Waals surface area contributed by atoms with Gasteiger partial charge in [-0.3, -0.25) is 0 Å². The van der Waals surface area contributed by atoms with Crippen LogP contribution in [0, 0.1) is 11.3 Å². The number of rotatable bonds is 4. The van der Waals surface area contributed by atoms with Crippen molar-refractivity contribution in [2.45, 2.75) is 52.6 Å². The maximum Gasteiger partial charge on any atom is 0.0327 e. The number of benzene rings is 1. The van der Waals surface area contributed by atoms with E-state index in [1.54, 1.807) is 0 Å². The van der Waals surface area contributed by atoms with Crippen LogP contribution in [-0.4, -0.2) is 31.1 Å². The molecule has 21 heavy (non-hydrogen) atoms. The van der Waals surface area contributed by atoms with E-state index in [-0.39, 0.29) is 0 Å². The number of hydrogen-bond acceptors (Lipinski definition) is 2. The molecule has 0 bridgehead atoms. The normalized spacial score (nSPS) is 25.8. The molecule has 0 radical (unpaired) electrons. The van der Waals surface area contributed by atoms with E-state index in [9.17, 15) is 0 Å². The lowest BCUT2D eigenvalue weighted by Crippen LogP contribution is -2.48. The molecule has 2 nitrogen and oxygen atoms in total. The number of hydrogen-bond donors (Lipinski definition) is 1. The maximum absolute atomic E-state index is 3.97. The van der Waals surface area contributed by atoms with E-state index in [2.05, 4.69) is 75.3 Å². The quantitative estimate of drug-likeness (QED) is 0.897. The summed E-state index contributed by atoms with van der Waals surface area (Å²) < 4.78 is 0. The van der Waals surface area contributed by atoms with Crippen LogP contribution in [-0.2, 0) is 0 Å². The van der Waals surface area contributed by atoms with Crippen LogP contribution in [0.15, 0.2) is 30.3 Å². The van der Waals surface area contributed by atoms with E-state index in [1.165, 1.54) is 31.5 Å². The first-order chi connectivity index (χ1) is 9.85. The first kappa shape index (κ1) is 16.5. The Morgan fingerprint density at radius 1 is 1.24 bits per heavy atom. The second-order valence-corrected chi connectivity index (χ2v) is 8.03. The number of likely N-dealkylation sites (tertiary alicyclic amines) is 1. The zero-order valence-electron chi connectivity index (χ0n) is 14.4. The Balaban J connectivity index is 2.09. The Morgan fingerprint density at radius 2 is 1.90 bits per heavy atom. The number of nitrogens with one attached hydrogen (secondary N) is 1. The van der Waals surface area contributed by atoms with Crippen LogP contribution in [0.3, 0.4) is 0 Å². The minimum Gasteiger partial charge on any atom is -0.307 e. The van der Waals surface area contributed by atoms with Gasteiger partial charge in [0.05, 0.1) is 0 Å². The molecule has 118 valence electrons. The molecule has 2 heteroatoms. The maximum atomic E-state index is 3.97. The SMILES string of the molecule is CC1CN(C)CCC1NC(CC(C)(C)C)c1ccccc1. The van der Waals surface area contributed by atoms with Crippen molar-refractivity contribution in [2.24, 2.45) is 11.3 Å². The first-order valence-electron chi connectivity index (χ1n) is 8.35. The largest absolute Gasteiger partial charge is 0.307 e. The standard InChI is InChI=1S/C19H32N2/c1-15-14-21(5)12-11-17(15)20-18(13-19(2,3)4)16-9-7-6-8-10-16/h6-10,15,17-18,20H,11-14H2,1-5H3. The Kier molecular flexibility index (Phi) is 5.45. The van der Waals surface area contributed by atoms with Crippen LogP contribution in [0.5, 0.6) is 0 Å². The Labute approximate surface area is 130 Å². The highest BCUT2D eigenvalue weighted by atomic mass is 15.1. The van der Waals surface area contributed by atoms with Crippen molar-refractivity contribution >= 4 is 0 Å². The van der Waals surface area contributed by atoms with Gasteiger partial charge in [-0.1, -0.05) is 58.0 Å². The molecule has 1 saturated heterocycles. The molecule has 0 aliphatic carbocycles. The molecule has 0 spiro atoms. The molecule has 1 N–H and O–H groups in total. The lowest BCUT2D eigenvalue weighted by atomic mass is 9.84. The highest BCUT2D eigenvalue weighted by Crippen LogP contribution is 2.31. The van der Waals surface area contributed by atoms with E-state index in [0.717, 1.165) is 5.92 Å². The Morgan fingerprint density at radius 3 is 2.48 bits per heavy atom. The predicted octanol–water partition coefficient (Wildman–Crippen LogP) is 4.09. The molecule has 3 atom stereocenters. The lowest BCUT2D eigenvalue weighted by Gasteiger charge is -2.39. The van der Waals surface area contributed by atoms with Crippen LogP contribution in [0.2, 0.25) is 0 Å². The third kappa shape index (κ3) is 5.12. The second kappa shape index (κ2) is 6.93. The first-order valence-corrected chi connectivity index (χ1v) is 8.35. The molecule has 1 aromatic carbocycles. The monoisotopic (exact) mass is 288 g/mol. The molecular formula is C19H32N2. The summed E-state index contributed by atoms with van der Waals surface area (Å²) in [5, 5.41) is 3.97. The third-order valence-corrected chi connectivity index (χ3v) is 4.54. The molecule has 1 heterocycles. The van der Waals surface area contributed by atoms with Crippen molar-refractivity contribution in [3.63, 3.8) is 0 Å². The van der Waals surface area contributed by atoms with Gasteiger partial charge in [-0.05, 0) is 43.3 Å². The average Bonchev–Trinajstić information content (AvgIpc) is 2.40. The van der Waals surface area contributed by atoms with Gasteiger partial charge >= 0.3 is 0 Å². The zero-order chi connectivity index (χ0) is 15.5. The van der Waals surface area contributed by atoms with E-state index in [0.29, 0.717) is 17.5 Å². The predicted molar refractivity (Wildman–Crippen MR) is 91.5 cm³/mol. The van der Waals surface area contributed by atoms with Crippen LogP contribution in [0.25, 0.3) is 0 Å². The van der Waals surface area contributed by atoms with E-state index in [4.69, 9.17) is 0 Å².